The molecule has 0 amide bonds. The fourth-order valence-electron chi connectivity index (χ4n) is 0.984. The molecule has 0 saturated heterocycles. The molecular weight excluding hydrogens is 234 g/mol. The van der Waals surface area contributed by atoms with Crippen LogP contribution in [-0.4, -0.2) is 29.1 Å². The van der Waals surface area contributed by atoms with Gasteiger partial charge in [-0.25, -0.2) is 14.6 Å². The highest BCUT2D eigenvalue weighted by Crippen LogP contribution is 2.14. The van der Waals surface area contributed by atoms with Gasteiger partial charge in [0.25, 0.3) is 0 Å². The maximum Gasteiger partial charge on any atom is 0.336 e. The van der Waals surface area contributed by atoms with Crippen molar-refractivity contribution in [1.82, 2.24) is 4.98 Å². The zero-order chi connectivity index (χ0) is 12.1. The lowest BCUT2D eigenvalue weighted by molar-refractivity contribution is -0.134. The van der Waals surface area contributed by atoms with Crippen LogP contribution in [0.15, 0.2) is 18.3 Å². The van der Waals surface area contributed by atoms with Crippen LogP contribution in [0.4, 0.5) is 0 Å². The van der Waals surface area contributed by atoms with E-state index in [2.05, 4.69) is 9.72 Å². The maximum absolute atomic E-state index is 10.9. The third kappa shape index (κ3) is 3.06. The van der Waals surface area contributed by atoms with Crippen molar-refractivity contribution >= 4 is 29.6 Å². The first-order valence-corrected chi connectivity index (χ1v) is 4.57. The number of halogens is 1. The smallest absolute Gasteiger partial charge is 0.336 e. The lowest BCUT2D eigenvalue weighted by Gasteiger charge is -2.00. The molecule has 16 heavy (non-hydrogen) atoms. The predicted octanol–water partition coefficient (Wildman–Crippen LogP) is 1.62. The predicted molar refractivity (Wildman–Crippen MR) is 57.3 cm³/mol. The first-order chi connectivity index (χ1) is 7.54. The molecule has 1 aromatic heterocycles. The number of carbonyl (C=O) groups excluding carboxylic acids is 1. The molecule has 0 spiro atoms. The zero-order valence-electron chi connectivity index (χ0n) is 8.31. The Kier molecular flexibility index (Phi) is 4.02. The highest BCUT2D eigenvalue weighted by molar-refractivity contribution is 6.29. The van der Waals surface area contributed by atoms with E-state index in [-0.39, 0.29) is 16.3 Å². The summed E-state index contributed by atoms with van der Waals surface area (Å²) in [5, 5.41) is 8.95. The number of carboxylic acids is 1. The van der Waals surface area contributed by atoms with Crippen molar-refractivity contribution in [3.8, 4) is 0 Å². The Morgan fingerprint density at radius 1 is 1.56 bits per heavy atom. The van der Waals surface area contributed by atoms with Crippen LogP contribution < -0.4 is 0 Å². The highest BCUT2D eigenvalue weighted by Gasteiger charge is 2.09. The van der Waals surface area contributed by atoms with Crippen LogP contribution in [-0.2, 0) is 9.53 Å². The van der Waals surface area contributed by atoms with Crippen molar-refractivity contribution < 1.29 is 19.4 Å². The van der Waals surface area contributed by atoms with Crippen molar-refractivity contribution in [3.63, 3.8) is 0 Å². The van der Waals surface area contributed by atoms with Gasteiger partial charge in [0.1, 0.15) is 5.15 Å². The summed E-state index contributed by atoms with van der Waals surface area (Å²) in [5.74, 6) is -1.72. The molecule has 0 unspecified atom stereocenters. The minimum absolute atomic E-state index is 0.0276. The molecule has 0 aliphatic heterocycles. The van der Waals surface area contributed by atoms with E-state index in [1.807, 2.05) is 0 Å². The molecule has 0 radical (unpaired) electrons. The molecule has 1 aromatic rings. The number of nitrogens with zero attached hydrogens (tertiary/aromatic N) is 1. The van der Waals surface area contributed by atoms with E-state index in [1.54, 1.807) is 0 Å². The van der Waals surface area contributed by atoms with Crippen molar-refractivity contribution in [2.45, 2.75) is 0 Å². The molecule has 0 aliphatic carbocycles. The normalized spacial score (nSPS) is 10.4. The summed E-state index contributed by atoms with van der Waals surface area (Å²) in [6.07, 6.45) is 3.68. The number of methoxy groups -OCH3 is 1. The largest absolute Gasteiger partial charge is 0.478 e. The van der Waals surface area contributed by atoms with Crippen LogP contribution in [0.5, 0.6) is 0 Å². The number of esters is 1. The van der Waals surface area contributed by atoms with Crippen LogP contribution in [0.2, 0.25) is 5.15 Å². The van der Waals surface area contributed by atoms with Crippen LogP contribution >= 0.6 is 11.6 Å². The average Bonchev–Trinajstić information content (AvgIpc) is 2.26. The van der Waals surface area contributed by atoms with E-state index in [4.69, 9.17) is 16.7 Å². The van der Waals surface area contributed by atoms with Crippen molar-refractivity contribution in [1.29, 1.82) is 0 Å². The summed E-state index contributed by atoms with van der Waals surface area (Å²) in [6.45, 7) is 0. The van der Waals surface area contributed by atoms with Gasteiger partial charge in [0.05, 0.1) is 12.7 Å². The van der Waals surface area contributed by atoms with Crippen LogP contribution in [0, 0.1) is 0 Å². The lowest BCUT2D eigenvalue weighted by atomic mass is 10.1. The zero-order valence-corrected chi connectivity index (χ0v) is 9.06. The molecule has 1 heterocycles. The van der Waals surface area contributed by atoms with E-state index in [0.717, 1.165) is 6.08 Å². The number of hydrogen-bond acceptors (Lipinski definition) is 4. The Morgan fingerprint density at radius 2 is 2.25 bits per heavy atom. The molecular formula is C10H8ClNO4. The standard InChI is InChI=1S/C10H8ClNO4/c1-16-9(13)3-2-6-5-12-8(11)4-7(6)10(14)15/h2-5H,1H3,(H,14,15)/b3-2+. The first-order valence-electron chi connectivity index (χ1n) is 4.19. The van der Waals surface area contributed by atoms with Gasteiger partial charge >= 0.3 is 11.9 Å². The minimum atomic E-state index is -1.14. The second-order valence-electron chi connectivity index (χ2n) is 2.76. The van der Waals surface area contributed by atoms with Crippen LogP contribution in [0.25, 0.3) is 6.08 Å². The third-order valence-electron chi connectivity index (χ3n) is 1.73. The maximum atomic E-state index is 10.9. The van der Waals surface area contributed by atoms with Gasteiger partial charge in [-0.3, -0.25) is 0 Å². The summed E-state index contributed by atoms with van der Waals surface area (Å²) in [7, 11) is 1.23. The molecule has 5 nitrogen and oxygen atoms in total. The molecule has 6 heteroatoms. The summed E-state index contributed by atoms with van der Waals surface area (Å²) in [4.78, 5) is 25.4. The summed E-state index contributed by atoms with van der Waals surface area (Å²) >= 11 is 5.56. The molecule has 1 N–H and O–H groups in total. The SMILES string of the molecule is COC(=O)/C=C/c1cnc(Cl)cc1C(=O)O. The number of ether oxygens (including phenoxy) is 1. The molecule has 0 aromatic carbocycles. The number of aromatic nitrogens is 1. The Balaban J connectivity index is 3.09. The van der Waals surface area contributed by atoms with Crippen molar-refractivity contribution in [2.24, 2.45) is 0 Å². The van der Waals surface area contributed by atoms with Gasteiger partial charge in [0.2, 0.25) is 0 Å². The second-order valence-corrected chi connectivity index (χ2v) is 3.14. The summed E-state index contributed by atoms with van der Waals surface area (Å²) < 4.78 is 4.38. The Labute approximate surface area is 96.3 Å². The number of carboxylic acid groups (broad SMARTS) is 1. The van der Waals surface area contributed by atoms with Gasteiger partial charge in [-0.15, -0.1) is 0 Å². The Bertz CT molecular complexity index is 456. The first kappa shape index (κ1) is 12.2. The van der Waals surface area contributed by atoms with Gasteiger partial charge in [-0.2, -0.15) is 0 Å². The molecule has 0 fully saturated rings. The quantitative estimate of drug-likeness (QED) is 0.494. The summed E-state index contributed by atoms with van der Waals surface area (Å²) in [6, 6.07) is 1.21. The number of rotatable bonds is 3. The number of hydrogen-bond donors (Lipinski definition) is 1. The third-order valence-corrected chi connectivity index (χ3v) is 1.94. The second kappa shape index (κ2) is 5.27. The van der Waals surface area contributed by atoms with E-state index >= 15 is 0 Å². The van der Waals surface area contributed by atoms with Crippen molar-refractivity contribution in [2.75, 3.05) is 7.11 Å². The highest BCUT2D eigenvalue weighted by atomic mass is 35.5. The molecule has 0 atom stereocenters. The van der Waals surface area contributed by atoms with Gasteiger partial charge in [0.15, 0.2) is 0 Å². The van der Waals surface area contributed by atoms with E-state index < -0.39 is 11.9 Å². The van der Waals surface area contributed by atoms with E-state index in [9.17, 15) is 9.59 Å². The number of aromatic carboxylic acids is 1. The monoisotopic (exact) mass is 241 g/mol. The summed E-state index contributed by atoms with van der Waals surface area (Å²) in [5.41, 5.74) is 0.252. The topological polar surface area (TPSA) is 76.5 Å². The molecule has 84 valence electrons. The fraction of sp³-hybridized carbons (Fsp3) is 0.100. The number of carbonyl (C=O) groups is 2. The molecule has 0 bridgehead atoms. The van der Waals surface area contributed by atoms with E-state index in [1.165, 1.54) is 25.4 Å². The van der Waals surface area contributed by atoms with Crippen LogP contribution in [0.3, 0.4) is 0 Å². The van der Waals surface area contributed by atoms with E-state index in [0.29, 0.717) is 0 Å². The Hall–Kier alpha value is -1.88. The van der Waals surface area contributed by atoms with Gasteiger partial charge < -0.3 is 9.84 Å². The van der Waals surface area contributed by atoms with Gasteiger partial charge in [0, 0.05) is 17.8 Å². The lowest BCUT2D eigenvalue weighted by Crippen LogP contribution is -2.01. The van der Waals surface area contributed by atoms with Crippen LogP contribution in [0.1, 0.15) is 15.9 Å². The minimum Gasteiger partial charge on any atom is -0.478 e. The fourth-order valence-corrected chi connectivity index (χ4v) is 1.14. The Morgan fingerprint density at radius 3 is 2.81 bits per heavy atom. The average molecular weight is 242 g/mol. The number of pyridine rings is 1. The van der Waals surface area contributed by atoms with Gasteiger partial charge in [-0.1, -0.05) is 11.6 Å². The van der Waals surface area contributed by atoms with Gasteiger partial charge in [-0.05, 0) is 12.1 Å². The molecule has 0 saturated carbocycles. The molecule has 1 rings (SSSR count). The molecule has 0 aliphatic rings. The van der Waals surface area contributed by atoms with Crippen molar-refractivity contribution in [3.05, 3.63) is 34.6 Å².